The Labute approximate surface area is 215 Å². The molecule has 196 valence electrons. The van der Waals surface area contributed by atoms with Gasteiger partial charge in [-0.15, -0.1) is 0 Å². The van der Waals surface area contributed by atoms with E-state index in [2.05, 4.69) is 5.32 Å². The summed E-state index contributed by atoms with van der Waals surface area (Å²) in [5.74, 6) is -0.292. The zero-order valence-electron chi connectivity index (χ0n) is 21.7. The summed E-state index contributed by atoms with van der Waals surface area (Å²) in [7, 11) is -2.09. The summed E-state index contributed by atoms with van der Waals surface area (Å²) in [5, 5.41) is 3.14. The number of benzene rings is 2. The van der Waals surface area contributed by atoms with Crippen molar-refractivity contribution in [1.29, 1.82) is 0 Å². The van der Waals surface area contributed by atoms with Gasteiger partial charge < -0.3 is 10.2 Å². The van der Waals surface area contributed by atoms with Crippen molar-refractivity contribution in [2.75, 3.05) is 13.6 Å². The van der Waals surface area contributed by atoms with Crippen LogP contribution in [0.1, 0.15) is 63.0 Å². The number of aryl methyl sites for hydroxylation is 1. The van der Waals surface area contributed by atoms with Crippen molar-refractivity contribution in [2.45, 2.75) is 82.3 Å². The number of sulfonamides is 1. The van der Waals surface area contributed by atoms with Crippen LogP contribution in [0.15, 0.2) is 59.5 Å². The number of hydrogen-bond acceptors (Lipinski definition) is 4. The molecule has 1 unspecified atom stereocenters. The summed E-state index contributed by atoms with van der Waals surface area (Å²) in [6.07, 6.45) is 5.91. The summed E-state index contributed by atoms with van der Waals surface area (Å²) < 4.78 is 26.8. The quantitative estimate of drug-likeness (QED) is 0.486. The number of carbonyl (C=O) groups excluding carboxylic acids is 2. The van der Waals surface area contributed by atoms with Gasteiger partial charge in [0.15, 0.2) is 0 Å². The number of rotatable bonds is 11. The summed E-state index contributed by atoms with van der Waals surface area (Å²) in [5.41, 5.74) is 2.05. The summed E-state index contributed by atoms with van der Waals surface area (Å²) in [6.45, 7) is 4.32. The van der Waals surface area contributed by atoms with Crippen molar-refractivity contribution in [3.05, 3.63) is 65.7 Å². The van der Waals surface area contributed by atoms with E-state index in [9.17, 15) is 18.0 Å². The second kappa shape index (κ2) is 13.0. The minimum Gasteiger partial charge on any atom is -0.352 e. The SMILES string of the molecule is Cc1cccc(CN(C(=O)CCCN(C)S(=O)(=O)c2ccccc2)C(C)C(=O)NC2CCCCC2)c1. The molecular weight excluding hydrogens is 474 g/mol. The standard InChI is InChI=1S/C28H39N3O4S/c1-22-12-10-13-24(20-22)21-31(23(2)28(33)29-25-14-6-4-7-15-25)27(32)18-11-19-30(3)36(34,35)26-16-8-5-9-17-26/h5,8-10,12-13,16-17,20,23,25H,4,6-7,11,14-15,18-19,21H2,1-3H3,(H,29,33). The normalized spacial score (nSPS) is 15.4. The maximum atomic E-state index is 13.3. The third kappa shape index (κ3) is 7.64. The lowest BCUT2D eigenvalue weighted by Crippen LogP contribution is -2.50. The van der Waals surface area contributed by atoms with E-state index in [1.54, 1.807) is 42.2 Å². The van der Waals surface area contributed by atoms with E-state index in [1.165, 1.54) is 17.8 Å². The molecule has 1 N–H and O–H groups in total. The Morgan fingerprint density at radius 3 is 2.39 bits per heavy atom. The molecule has 0 aromatic heterocycles. The molecule has 2 aromatic rings. The number of carbonyl (C=O) groups is 2. The minimum absolute atomic E-state index is 0.133. The van der Waals surface area contributed by atoms with E-state index in [1.807, 2.05) is 31.2 Å². The molecule has 0 aliphatic heterocycles. The molecule has 1 atom stereocenters. The van der Waals surface area contributed by atoms with Crippen molar-refractivity contribution >= 4 is 21.8 Å². The van der Waals surface area contributed by atoms with Gasteiger partial charge in [0.2, 0.25) is 21.8 Å². The van der Waals surface area contributed by atoms with Gasteiger partial charge in [-0.3, -0.25) is 9.59 Å². The van der Waals surface area contributed by atoms with Gasteiger partial charge >= 0.3 is 0 Å². The molecule has 2 aromatic carbocycles. The Morgan fingerprint density at radius 1 is 1.03 bits per heavy atom. The summed E-state index contributed by atoms with van der Waals surface area (Å²) >= 11 is 0. The second-order valence-electron chi connectivity index (χ2n) is 9.77. The van der Waals surface area contributed by atoms with Crippen LogP contribution in [-0.2, 0) is 26.2 Å². The van der Waals surface area contributed by atoms with Crippen LogP contribution in [0.5, 0.6) is 0 Å². The minimum atomic E-state index is -3.61. The third-order valence-electron chi connectivity index (χ3n) is 6.87. The molecule has 0 bridgehead atoms. The Kier molecular flexibility index (Phi) is 10.1. The number of amides is 2. The third-order valence-corrected chi connectivity index (χ3v) is 8.74. The average molecular weight is 514 g/mol. The van der Waals surface area contributed by atoms with Crippen molar-refractivity contribution in [1.82, 2.24) is 14.5 Å². The molecular formula is C28H39N3O4S. The molecule has 8 heteroatoms. The first-order valence-electron chi connectivity index (χ1n) is 12.9. The highest BCUT2D eigenvalue weighted by Gasteiger charge is 2.28. The van der Waals surface area contributed by atoms with E-state index >= 15 is 0 Å². The van der Waals surface area contributed by atoms with Gasteiger partial charge in [0.05, 0.1) is 4.90 Å². The van der Waals surface area contributed by atoms with Gasteiger partial charge in [0.1, 0.15) is 6.04 Å². The van der Waals surface area contributed by atoms with Crippen LogP contribution in [0, 0.1) is 6.92 Å². The largest absolute Gasteiger partial charge is 0.352 e. The number of nitrogens with one attached hydrogen (secondary N) is 1. The van der Waals surface area contributed by atoms with Crippen LogP contribution >= 0.6 is 0 Å². The number of nitrogens with zero attached hydrogens (tertiary/aromatic N) is 2. The molecule has 36 heavy (non-hydrogen) atoms. The van der Waals surface area contributed by atoms with E-state index in [0.29, 0.717) is 13.0 Å². The van der Waals surface area contributed by atoms with Crippen molar-refractivity contribution in [3.8, 4) is 0 Å². The van der Waals surface area contributed by atoms with Gasteiger partial charge in [-0.05, 0) is 50.8 Å². The van der Waals surface area contributed by atoms with E-state index in [-0.39, 0.29) is 35.7 Å². The first-order valence-corrected chi connectivity index (χ1v) is 14.3. The van der Waals surface area contributed by atoms with Crippen LogP contribution in [0.2, 0.25) is 0 Å². The maximum Gasteiger partial charge on any atom is 0.242 e. The predicted molar refractivity (Wildman–Crippen MR) is 142 cm³/mol. The van der Waals surface area contributed by atoms with E-state index < -0.39 is 16.1 Å². The lowest BCUT2D eigenvalue weighted by atomic mass is 9.95. The lowest BCUT2D eigenvalue weighted by molar-refractivity contribution is -0.141. The zero-order chi connectivity index (χ0) is 26.1. The first kappa shape index (κ1) is 27.9. The zero-order valence-corrected chi connectivity index (χ0v) is 22.5. The highest BCUT2D eigenvalue weighted by Crippen LogP contribution is 2.19. The lowest BCUT2D eigenvalue weighted by Gasteiger charge is -2.31. The Bertz CT molecular complexity index is 1110. The fourth-order valence-electron chi connectivity index (χ4n) is 4.65. The molecule has 3 rings (SSSR count). The van der Waals surface area contributed by atoms with Crippen molar-refractivity contribution in [3.63, 3.8) is 0 Å². The van der Waals surface area contributed by atoms with Crippen molar-refractivity contribution < 1.29 is 18.0 Å². The van der Waals surface area contributed by atoms with Crippen LogP contribution in [0.3, 0.4) is 0 Å². The topological polar surface area (TPSA) is 86.8 Å². The monoisotopic (exact) mass is 513 g/mol. The fraction of sp³-hybridized carbons (Fsp3) is 0.500. The first-order chi connectivity index (χ1) is 17.2. The molecule has 1 saturated carbocycles. The fourth-order valence-corrected chi connectivity index (χ4v) is 5.88. The summed E-state index contributed by atoms with van der Waals surface area (Å²) in [6, 6.07) is 15.7. The molecule has 0 heterocycles. The molecule has 1 aliphatic rings. The second-order valence-corrected chi connectivity index (χ2v) is 11.8. The molecule has 0 saturated heterocycles. The van der Waals surface area contributed by atoms with E-state index in [0.717, 1.165) is 36.8 Å². The Morgan fingerprint density at radius 2 is 1.72 bits per heavy atom. The van der Waals surface area contributed by atoms with Crippen LogP contribution < -0.4 is 5.32 Å². The van der Waals surface area contributed by atoms with Gasteiger partial charge in [-0.25, -0.2) is 12.7 Å². The molecule has 1 fully saturated rings. The highest BCUT2D eigenvalue weighted by molar-refractivity contribution is 7.89. The molecule has 7 nitrogen and oxygen atoms in total. The molecule has 1 aliphatic carbocycles. The molecule has 2 amide bonds. The summed E-state index contributed by atoms with van der Waals surface area (Å²) in [4.78, 5) is 28.3. The highest BCUT2D eigenvalue weighted by atomic mass is 32.2. The Hall–Kier alpha value is -2.71. The van der Waals surface area contributed by atoms with Crippen LogP contribution in [0.25, 0.3) is 0 Å². The molecule has 0 spiro atoms. The average Bonchev–Trinajstić information content (AvgIpc) is 2.87. The van der Waals surface area contributed by atoms with Gasteiger partial charge in [-0.2, -0.15) is 0 Å². The van der Waals surface area contributed by atoms with Crippen LogP contribution in [-0.4, -0.2) is 55.1 Å². The van der Waals surface area contributed by atoms with Gasteiger partial charge in [-0.1, -0.05) is 67.3 Å². The maximum absolute atomic E-state index is 13.3. The van der Waals surface area contributed by atoms with Gasteiger partial charge in [0, 0.05) is 32.6 Å². The van der Waals surface area contributed by atoms with Crippen LogP contribution in [0.4, 0.5) is 0 Å². The number of hydrogen-bond donors (Lipinski definition) is 1. The smallest absolute Gasteiger partial charge is 0.242 e. The van der Waals surface area contributed by atoms with Crippen molar-refractivity contribution in [2.24, 2.45) is 0 Å². The molecule has 0 radical (unpaired) electrons. The van der Waals surface area contributed by atoms with Gasteiger partial charge in [0.25, 0.3) is 0 Å². The van der Waals surface area contributed by atoms with E-state index in [4.69, 9.17) is 0 Å². The Balaban J connectivity index is 1.65. The predicted octanol–water partition coefficient (Wildman–Crippen LogP) is 4.26.